The molecule has 0 spiro atoms. The fourth-order valence-corrected chi connectivity index (χ4v) is 2.93. The summed E-state index contributed by atoms with van der Waals surface area (Å²) in [5, 5.41) is 2.75. The van der Waals surface area contributed by atoms with E-state index in [1.807, 2.05) is 0 Å². The Bertz CT molecular complexity index is 775. The van der Waals surface area contributed by atoms with E-state index in [0.29, 0.717) is 0 Å². The highest BCUT2D eigenvalue weighted by Gasteiger charge is 2.18. The molecule has 0 fully saturated rings. The summed E-state index contributed by atoms with van der Waals surface area (Å²) in [6.45, 7) is 1.55. The van der Waals surface area contributed by atoms with Gasteiger partial charge in [-0.1, -0.05) is 36.7 Å². The summed E-state index contributed by atoms with van der Waals surface area (Å²) in [6.07, 6.45) is 0. The third-order valence-electron chi connectivity index (χ3n) is 2.80. The highest BCUT2D eigenvalue weighted by Crippen LogP contribution is 2.22. The van der Waals surface area contributed by atoms with E-state index in [1.165, 1.54) is 18.2 Å². The van der Waals surface area contributed by atoms with E-state index in [9.17, 15) is 13.2 Å². The zero-order valence-electron chi connectivity index (χ0n) is 11.2. The molecule has 5 nitrogen and oxygen atoms in total. The van der Waals surface area contributed by atoms with Crippen LogP contribution in [0.4, 0.5) is 5.69 Å². The molecule has 0 unspecified atom stereocenters. The Morgan fingerprint density at radius 1 is 1.19 bits per heavy atom. The summed E-state index contributed by atoms with van der Waals surface area (Å²) in [5.74, 6) is -0.564. The van der Waals surface area contributed by atoms with Crippen LogP contribution in [0, 0.1) is 0 Å². The molecule has 0 bridgehead atoms. The highest BCUT2D eigenvalue weighted by molar-refractivity contribution is 7.91. The number of halogens is 1. The molecule has 0 saturated carbocycles. The molecule has 21 heavy (non-hydrogen) atoms. The second kappa shape index (κ2) is 6.24. The number of benzene rings is 1. The number of anilines is 1. The number of carbonyl (C=O) groups is 1. The number of hydrogen-bond donors (Lipinski definition) is 1. The van der Waals surface area contributed by atoms with Crippen LogP contribution in [-0.4, -0.2) is 25.1 Å². The van der Waals surface area contributed by atoms with Crippen molar-refractivity contribution < 1.29 is 13.2 Å². The van der Waals surface area contributed by atoms with E-state index >= 15 is 0 Å². The minimum absolute atomic E-state index is 0.0463. The van der Waals surface area contributed by atoms with Crippen LogP contribution in [0.25, 0.3) is 0 Å². The number of carbonyl (C=O) groups excluding carboxylic acids is 1. The number of hydrogen-bond acceptors (Lipinski definition) is 4. The molecule has 1 heterocycles. The number of nitrogens with one attached hydrogen (secondary N) is 1. The van der Waals surface area contributed by atoms with Gasteiger partial charge in [-0.25, -0.2) is 13.4 Å². The zero-order chi connectivity index (χ0) is 15.5. The Morgan fingerprint density at radius 2 is 1.90 bits per heavy atom. The standard InChI is InChI=1S/C14H13ClN2O3S/c1-2-21(19,20)12-8-4-3-6-10(12)17-14(18)11-7-5-9-13(15)16-11/h3-9H,2H2,1H3,(H,17,18). The van der Waals surface area contributed by atoms with Gasteiger partial charge in [-0.3, -0.25) is 4.79 Å². The maximum Gasteiger partial charge on any atom is 0.274 e. The van der Waals surface area contributed by atoms with Gasteiger partial charge in [-0.2, -0.15) is 0 Å². The fraction of sp³-hybridized carbons (Fsp3) is 0.143. The molecule has 1 aromatic heterocycles. The van der Waals surface area contributed by atoms with Crippen molar-refractivity contribution in [1.29, 1.82) is 0 Å². The topological polar surface area (TPSA) is 76.1 Å². The normalized spacial score (nSPS) is 11.1. The van der Waals surface area contributed by atoms with Gasteiger partial charge in [0.2, 0.25) is 0 Å². The summed E-state index contributed by atoms with van der Waals surface area (Å²) in [6, 6.07) is 10.9. The Labute approximate surface area is 127 Å². The van der Waals surface area contributed by atoms with E-state index in [0.717, 1.165) is 0 Å². The van der Waals surface area contributed by atoms with Crippen LogP contribution in [0.5, 0.6) is 0 Å². The smallest absolute Gasteiger partial charge is 0.274 e. The van der Waals surface area contributed by atoms with Gasteiger partial charge in [0.1, 0.15) is 10.8 Å². The molecule has 0 saturated heterocycles. The van der Waals surface area contributed by atoms with Crippen molar-refractivity contribution in [2.24, 2.45) is 0 Å². The number of amides is 1. The summed E-state index contributed by atoms with van der Waals surface area (Å²) >= 11 is 5.73. The molecule has 1 aromatic carbocycles. The number of sulfone groups is 1. The number of rotatable bonds is 4. The van der Waals surface area contributed by atoms with Crippen LogP contribution in [0.15, 0.2) is 47.4 Å². The molecule has 2 aromatic rings. The lowest BCUT2D eigenvalue weighted by Gasteiger charge is -2.10. The van der Waals surface area contributed by atoms with Crippen molar-refractivity contribution in [3.05, 3.63) is 53.3 Å². The van der Waals surface area contributed by atoms with Crippen LogP contribution in [0.2, 0.25) is 5.15 Å². The molecule has 0 aliphatic rings. The zero-order valence-corrected chi connectivity index (χ0v) is 12.8. The first-order chi connectivity index (χ1) is 9.94. The minimum atomic E-state index is -3.43. The van der Waals surface area contributed by atoms with E-state index in [-0.39, 0.29) is 27.2 Å². The van der Waals surface area contributed by atoms with Crippen molar-refractivity contribution in [3.63, 3.8) is 0 Å². The predicted octanol–water partition coefficient (Wildman–Crippen LogP) is 2.78. The first kappa shape index (κ1) is 15.5. The number of aromatic nitrogens is 1. The monoisotopic (exact) mass is 324 g/mol. The van der Waals surface area contributed by atoms with Crippen LogP contribution >= 0.6 is 11.6 Å². The van der Waals surface area contributed by atoms with Crippen molar-refractivity contribution in [2.45, 2.75) is 11.8 Å². The van der Waals surface area contributed by atoms with Gasteiger partial charge in [0.25, 0.3) is 5.91 Å². The first-order valence-electron chi connectivity index (χ1n) is 6.19. The van der Waals surface area contributed by atoms with Gasteiger partial charge in [0.15, 0.2) is 9.84 Å². The highest BCUT2D eigenvalue weighted by atomic mass is 35.5. The van der Waals surface area contributed by atoms with Gasteiger partial charge >= 0.3 is 0 Å². The van der Waals surface area contributed by atoms with Crippen LogP contribution in [0.3, 0.4) is 0 Å². The largest absolute Gasteiger partial charge is 0.319 e. The average molecular weight is 325 g/mol. The summed E-state index contributed by atoms with van der Waals surface area (Å²) in [5.41, 5.74) is 0.345. The molecule has 110 valence electrons. The molecule has 0 radical (unpaired) electrons. The third kappa shape index (κ3) is 3.59. The van der Waals surface area contributed by atoms with Crippen molar-refractivity contribution >= 4 is 33.0 Å². The SMILES string of the molecule is CCS(=O)(=O)c1ccccc1NC(=O)c1cccc(Cl)n1. The fourth-order valence-electron chi connectivity index (χ4n) is 1.72. The quantitative estimate of drug-likeness (QED) is 0.877. The maximum atomic E-state index is 12.1. The Kier molecular flexibility index (Phi) is 4.59. The lowest BCUT2D eigenvalue weighted by Crippen LogP contribution is -2.16. The second-order valence-electron chi connectivity index (χ2n) is 4.20. The Hall–Kier alpha value is -1.92. The van der Waals surface area contributed by atoms with Gasteiger partial charge in [0.05, 0.1) is 16.3 Å². The molecule has 7 heteroatoms. The summed E-state index contributed by atoms with van der Waals surface area (Å²) in [4.78, 5) is 16.1. The maximum absolute atomic E-state index is 12.1. The molecular weight excluding hydrogens is 312 g/mol. The van der Waals surface area contributed by atoms with Crippen molar-refractivity contribution in [1.82, 2.24) is 4.98 Å². The van der Waals surface area contributed by atoms with Gasteiger partial charge in [0, 0.05) is 0 Å². The van der Waals surface area contributed by atoms with Gasteiger partial charge in [-0.15, -0.1) is 0 Å². The van der Waals surface area contributed by atoms with Crippen molar-refractivity contribution in [3.8, 4) is 0 Å². The molecule has 0 aliphatic heterocycles. The third-order valence-corrected chi connectivity index (χ3v) is 4.79. The van der Waals surface area contributed by atoms with E-state index in [1.54, 1.807) is 31.2 Å². The van der Waals surface area contributed by atoms with Crippen LogP contribution in [-0.2, 0) is 9.84 Å². The van der Waals surface area contributed by atoms with E-state index in [2.05, 4.69) is 10.3 Å². The molecule has 1 N–H and O–H groups in total. The summed E-state index contributed by atoms with van der Waals surface area (Å²) in [7, 11) is -3.43. The number of nitrogens with zero attached hydrogens (tertiary/aromatic N) is 1. The van der Waals surface area contributed by atoms with Gasteiger partial charge in [-0.05, 0) is 24.3 Å². The average Bonchev–Trinajstić information content (AvgIpc) is 2.47. The lowest BCUT2D eigenvalue weighted by molar-refractivity contribution is 0.102. The van der Waals surface area contributed by atoms with Gasteiger partial charge < -0.3 is 5.32 Å². The van der Waals surface area contributed by atoms with Crippen molar-refractivity contribution in [2.75, 3.05) is 11.1 Å². The molecule has 1 amide bonds. The first-order valence-corrected chi connectivity index (χ1v) is 8.23. The van der Waals surface area contributed by atoms with Crippen LogP contribution < -0.4 is 5.32 Å². The van der Waals surface area contributed by atoms with Crippen LogP contribution in [0.1, 0.15) is 17.4 Å². The number of para-hydroxylation sites is 1. The molecular formula is C14H13ClN2O3S. The number of pyridine rings is 1. The van der Waals surface area contributed by atoms with E-state index < -0.39 is 15.7 Å². The molecule has 0 aliphatic carbocycles. The Balaban J connectivity index is 2.35. The Morgan fingerprint density at radius 3 is 2.57 bits per heavy atom. The minimum Gasteiger partial charge on any atom is -0.319 e. The lowest BCUT2D eigenvalue weighted by atomic mass is 10.3. The molecule has 0 atom stereocenters. The molecule has 2 rings (SSSR count). The predicted molar refractivity (Wildman–Crippen MR) is 81.4 cm³/mol. The van der Waals surface area contributed by atoms with E-state index in [4.69, 9.17) is 11.6 Å². The second-order valence-corrected chi connectivity index (χ2v) is 6.83. The summed E-state index contributed by atoms with van der Waals surface area (Å²) < 4.78 is 24.0.